The van der Waals surface area contributed by atoms with E-state index in [1.807, 2.05) is 6.07 Å². The zero-order chi connectivity index (χ0) is 14.4. The number of aromatic nitrogens is 2. The molecule has 6 nitrogen and oxygen atoms in total. The Balaban J connectivity index is 1.88. The molecule has 20 heavy (non-hydrogen) atoms. The molecular formula is C13H14N4O2S. The summed E-state index contributed by atoms with van der Waals surface area (Å²) in [4.78, 5) is 6.77. The molecule has 0 saturated carbocycles. The fourth-order valence-corrected chi connectivity index (χ4v) is 2.85. The molecule has 0 spiro atoms. The van der Waals surface area contributed by atoms with Gasteiger partial charge in [-0.25, -0.2) is 18.1 Å². The van der Waals surface area contributed by atoms with Crippen LogP contribution in [0, 0.1) is 11.3 Å². The highest BCUT2D eigenvalue weighted by Gasteiger charge is 2.11. The minimum absolute atomic E-state index is 0.0956. The Bertz CT molecular complexity index is 685. The van der Waals surface area contributed by atoms with Gasteiger partial charge in [0.15, 0.2) is 0 Å². The van der Waals surface area contributed by atoms with Crippen molar-refractivity contribution in [1.29, 1.82) is 5.26 Å². The summed E-state index contributed by atoms with van der Waals surface area (Å²) in [5.41, 5.74) is 2.04. The standard InChI is InChI=1S/C13H14N4O2S/c14-7-11-1-3-12(4-2-11)9-20(18,19)17-6-5-13-8-15-10-16-13/h1-4,8,10,17H,5-6,9H2,(H,15,16). The molecule has 2 rings (SSSR count). The Morgan fingerprint density at radius 3 is 2.65 bits per heavy atom. The average molecular weight is 290 g/mol. The highest BCUT2D eigenvalue weighted by molar-refractivity contribution is 7.88. The van der Waals surface area contributed by atoms with Gasteiger partial charge < -0.3 is 4.98 Å². The summed E-state index contributed by atoms with van der Waals surface area (Å²) in [6.07, 6.45) is 3.78. The predicted molar refractivity (Wildman–Crippen MR) is 74.1 cm³/mol. The van der Waals surface area contributed by atoms with E-state index in [2.05, 4.69) is 14.7 Å². The van der Waals surface area contributed by atoms with Gasteiger partial charge in [-0.1, -0.05) is 12.1 Å². The molecular weight excluding hydrogens is 276 g/mol. The van der Waals surface area contributed by atoms with Crippen LogP contribution in [0.5, 0.6) is 0 Å². The maximum Gasteiger partial charge on any atom is 0.215 e. The third kappa shape index (κ3) is 4.19. The first kappa shape index (κ1) is 14.2. The fourth-order valence-electron chi connectivity index (χ4n) is 1.71. The predicted octanol–water partition coefficient (Wildman–Crippen LogP) is 0.943. The summed E-state index contributed by atoms with van der Waals surface area (Å²) < 4.78 is 26.3. The Morgan fingerprint density at radius 1 is 1.30 bits per heavy atom. The monoisotopic (exact) mass is 290 g/mol. The van der Waals surface area contributed by atoms with E-state index < -0.39 is 10.0 Å². The lowest BCUT2D eigenvalue weighted by Crippen LogP contribution is -2.27. The van der Waals surface area contributed by atoms with Crippen LogP contribution in [0.25, 0.3) is 0 Å². The molecule has 1 aromatic carbocycles. The molecule has 1 heterocycles. The van der Waals surface area contributed by atoms with Crippen LogP contribution < -0.4 is 4.72 Å². The Kier molecular flexibility index (Phi) is 4.50. The Hall–Kier alpha value is -2.17. The number of rotatable bonds is 6. The van der Waals surface area contributed by atoms with Crippen molar-refractivity contribution in [1.82, 2.24) is 14.7 Å². The summed E-state index contributed by atoms with van der Waals surface area (Å²) in [5.74, 6) is -0.0956. The van der Waals surface area contributed by atoms with E-state index in [1.165, 1.54) is 0 Å². The molecule has 1 aromatic heterocycles. The van der Waals surface area contributed by atoms with Gasteiger partial charge in [0, 0.05) is 24.9 Å². The van der Waals surface area contributed by atoms with Gasteiger partial charge in [-0.2, -0.15) is 5.26 Å². The third-order valence-electron chi connectivity index (χ3n) is 2.71. The second-order valence-corrected chi connectivity index (χ2v) is 6.10. The third-order valence-corrected chi connectivity index (χ3v) is 4.07. The van der Waals surface area contributed by atoms with E-state index in [1.54, 1.807) is 36.8 Å². The molecule has 0 fully saturated rings. The van der Waals surface area contributed by atoms with Crippen LogP contribution in [0.1, 0.15) is 16.8 Å². The van der Waals surface area contributed by atoms with Crippen molar-refractivity contribution in [2.45, 2.75) is 12.2 Å². The largest absolute Gasteiger partial charge is 0.348 e. The molecule has 2 N–H and O–H groups in total. The van der Waals surface area contributed by atoms with E-state index >= 15 is 0 Å². The molecule has 0 aliphatic heterocycles. The van der Waals surface area contributed by atoms with Gasteiger partial charge in [-0.3, -0.25) is 0 Å². The summed E-state index contributed by atoms with van der Waals surface area (Å²) >= 11 is 0. The van der Waals surface area contributed by atoms with Crippen molar-refractivity contribution in [2.75, 3.05) is 6.54 Å². The van der Waals surface area contributed by atoms with Gasteiger partial charge >= 0.3 is 0 Å². The summed E-state index contributed by atoms with van der Waals surface area (Å²) in [5, 5.41) is 8.68. The quantitative estimate of drug-likeness (QED) is 0.827. The van der Waals surface area contributed by atoms with Crippen LogP contribution in [-0.2, 0) is 22.2 Å². The Morgan fingerprint density at radius 2 is 2.05 bits per heavy atom. The highest BCUT2D eigenvalue weighted by Crippen LogP contribution is 2.07. The number of benzene rings is 1. The SMILES string of the molecule is N#Cc1ccc(CS(=O)(=O)NCCc2cnc[nH]2)cc1. The number of nitrogens with zero attached hydrogens (tertiary/aromatic N) is 2. The summed E-state index contributed by atoms with van der Waals surface area (Å²) in [6, 6.07) is 8.50. The second-order valence-electron chi connectivity index (χ2n) is 4.29. The van der Waals surface area contributed by atoms with Crippen molar-refractivity contribution in [3.8, 4) is 6.07 Å². The Labute approximate surface area is 117 Å². The second kappa shape index (κ2) is 6.32. The van der Waals surface area contributed by atoms with E-state index in [4.69, 9.17) is 5.26 Å². The van der Waals surface area contributed by atoms with Crippen LogP contribution >= 0.6 is 0 Å². The molecule has 0 unspecified atom stereocenters. The zero-order valence-corrected chi connectivity index (χ0v) is 11.5. The average Bonchev–Trinajstić information content (AvgIpc) is 2.92. The number of nitrogens with one attached hydrogen (secondary N) is 2. The number of nitriles is 1. The smallest absolute Gasteiger partial charge is 0.215 e. The minimum atomic E-state index is -3.37. The van der Waals surface area contributed by atoms with Gasteiger partial charge in [0.05, 0.1) is 23.7 Å². The van der Waals surface area contributed by atoms with Gasteiger partial charge in [0.2, 0.25) is 10.0 Å². The van der Waals surface area contributed by atoms with Crippen molar-refractivity contribution < 1.29 is 8.42 Å². The normalized spacial score (nSPS) is 11.2. The lowest BCUT2D eigenvalue weighted by atomic mass is 10.2. The van der Waals surface area contributed by atoms with E-state index in [9.17, 15) is 8.42 Å². The summed E-state index contributed by atoms with van der Waals surface area (Å²) in [7, 11) is -3.37. The lowest BCUT2D eigenvalue weighted by Gasteiger charge is -2.06. The van der Waals surface area contributed by atoms with Crippen molar-refractivity contribution in [2.24, 2.45) is 0 Å². The van der Waals surface area contributed by atoms with E-state index in [0.29, 0.717) is 24.1 Å². The first-order chi connectivity index (χ1) is 9.59. The topological polar surface area (TPSA) is 98.6 Å². The van der Waals surface area contributed by atoms with Crippen LogP contribution in [-0.4, -0.2) is 24.9 Å². The lowest BCUT2D eigenvalue weighted by molar-refractivity contribution is 0.580. The number of sulfonamides is 1. The molecule has 0 aliphatic carbocycles. The number of H-pyrrole nitrogens is 1. The van der Waals surface area contributed by atoms with Gasteiger partial charge in [0.25, 0.3) is 0 Å². The molecule has 0 aliphatic rings. The van der Waals surface area contributed by atoms with Crippen LogP contribution in [0.3, 0.4) is 0 Å². The van der Waals surface area contributed by atoms with Crippen molar-refractivity contribution in [3.63, 3.8) is 0 Å². The highest BCUT2D eigenvalue weighted by atomic mass is 32.2. The first-order valence-corrected chi connectivity index (χ1v) is 7.68. The van der Waals surface area contributed by atoms with Gasteiger partial charge in [0.1, 0.15) is 0 Å². The number of hydrogen-bond acceptors (Lipinski definition) is 4. The zero-order valence-electron chi connectivity index (χ0n) is 10.7. The number of imidazole rings is 1. The minimum Gasteiger partial charge on any atom is -0.348 e. The molecule has 104 valence electrons. The molecule has 0 saturated heterocycles. The fraction of sp³-hybridized carbons (Fsp3) is 0.231. The first-order valence-electron chi connectivity index (χ1n) is 6.03. The van der Waals surface area contributed by atoms with Gasteiger partial charge in [-0.05, 0) is 17.7 Å². The van der Waals surface area contributed by atoms with Crippen LogP contribution in [0.15, 0.2) is 36.8 Å². The molecule has 2 aromatic rings. The number of aromatic amines is 1. The maximum absolute atomic E-state index is 11.9. The van der Waals surface area contributed by atoms with Crippen molar-refractivity contribution in [3.05, 3.63) is 53.6 Å². The van der Waals surface area contributed by atoms with E-state index in [0.717, 1.165) is 5.69 Å². The van der Waals surface area contributed by atoms with Crippen LogP contribution in [0.2, 0.25) is 0 Å². The molecule has 0 radical (unpaired) electrons. The van der Waals surface area contributed by atoms with E-state index in [-0.39, 0.29) is 5.75 Å². The van der Waals surface area contributed by atoms with Gasteiger partial charge in [-0.15, -0.1) is 0 Å². The van der Waals surface area contributed by atoms with Crippen LogP contribution in [0.4, 0.5) is 0 Å². The number of hydrogen-bond donors (Lipinski definition) is 2. The maximum atomic E-state index is 11.9. The molecule has 0 atom stereocenters. The molecule has 7 heteroatoms. The summed E-state index contributed by atoms with van der Waals surface area (Å²) in [6.45, 7) is 0.320. The molecule has 0 amide bonds. The van der Waals surface area contributed by atoms with Crippen molar-refractivity contribution >= 4 is 10.0 Å². The molecule has 0 bridgehead atoms.